The van der Waals surface area contributed by atoms with Crippen molar-refractivity contribution in [3.05, 3.63) is 0 Å². The highest BCUT2D eigenvalue weighted by atomic mass is 16.6. The Hall–Kier alpha value is -0.610. The molecule has 0 aliphatic rings. The molecule has 0 amide bonds. The summed E-state index contributed by atoms with van der Waals surface area (Å²) in [6.45, 7) is 10.4. The van der Waals surface area contributed by atoms with Crippen molar-refractivity contribution in [2.24, 2.45) is 5.73 Å². The quantitative estimate of drug-likeness (QED) is 0.560. The molecule has 4 nitrogen and oxygen atoms in total. The van der Waals surface area contributed by atoms with Gasteiger partial charge in [0.1, 0.15) is 6.61 Å². The van der Waals surface area contributed by atoms with E-state index < -0.39 is 0 Å². The minimum absolute atomic E-state index is 0.189. The molecule has 0 radical (unpaired) electrons. The number of hydrogen-bond donors (Lipinski definition) is 1. The normalized spacial score (nSPS) is 12.6. The van der Waals surface area contributed by atoms with Crippen LogP contribution in [0.4, 0.5) is 0 Å². The van der Waals surface area contributed by atoms with E-state index >= 15 is 0 Å². The third-order valence-corrected chi connectivity index (χ3v) is 1.85. The van der Waals surface area contributed by atoms with Crippen molar-refractivity contribution in [2.45, 2.75) is 58.6 Å². The van der Waals surface area contributed by atoms with E-state index in [4.69, 9.17) is 15.2 Å². The zero-order valence-electron chi connectivity index (χ0n) is 11.1. The van der Waals surface area contributed by atoms with Crippen molar-refractivity contribution in [1.82, 2.24) is 0 Å². The van der Waals surface area contributed by atoms with Crippen LogP contribution in [0.3, 0.4) is 0 Å². The molecule has 96 valence electrons. The lowest BCUT2D eigenvalue weighted by Crippen LogP contribution is -2.32. The molecule has 0 saturated carbocycles. The highest BCUT2D eigenvalue weighted by Crippen LogP contribution is 2.08. The molecule has 0 atom stereocenters. The maximum absolute atomic E-state index is 11.3. The van der Waals surface area contributed by atoms with Gasteiger partial charge in [0.15, 0.2) is 0 Å². The van der Waals surface area contributed by atoms with Gasteiger partial charge in [-0.15, -0.1) is 0 Å². The standard InChI is InChI=1S/C12H25NO3/c1-11(2,3)16-9-8-15-10(14)6-7-12(4,5)13/h6-9,13H2,1-5H3. The fourth-order valence-electron chi connectivity index (χ4n) is 1.000. The van der Waals surface area contributed by atoms with Crippen LogP contribution >= 0.6 is 0 Å². The fraction of sp³-hybridized carbons (Fsp3) is 0.917. The first-order valence-corrected chi connectivity index (χ1v) is 5.69. The number of hydrogen-bond acceptors (Lipinski definition) is 4. The topological polar surface area (TPSA) is 61.6 Å². The first-order chi connectivity index (χ1) is 7.10. The van der Waals surface area contributed by atoms with Gasteiger partial charge >= 0.3 is 5.97 Å². The Balaban J connectivity index is 3.52. The van der Waals surface area contributed by atoms with Crippen molar-refractivity contribution in [3.63, 3.8) is 0 Å². The summed E-state index contributed by atoms with van der Waals surface area (Å²) in [6.07, 6.45) is 0.991. The predicted octanol–water partition coefficient (Wildman–Crippen LogP) is 1.86. The SMILES string of the molecule is CC(C)(N)CCC(=O)OCCOC(C)(C)C. The summed E-state index contributed by atoms with van der Waals surface area (Å²) in [5, 5.41) is 0. The van der Waals surface area contributed by atoms with Crippen molar-refractivity contribution >= 4 is 5.97 Å². The lowest BCUT2D eigenvalue weighted by atomic mass is 10.0. The molecule has 0 aromatic carbocycles. The molecule has 0 aromatic rings. The van der Waals surface area contributed by atoms with E-state index in [2.05, 4.69) is 0 Å². The van der Waals surface area contributed by atoms with E-state index in [1.165, 1.54) is 0 Å². The van der Waals surface area contributed by atoms with E-state index in [0.29, 0.717) is 26.1 Å². The third kappa shape index (κ3) is 11.5. The molecule has 16 heavy (non-hydrogen) atoms. The molecular weight excluding hydrogens is 206 g/mol. The Morgan fingerprint density at radius 2 is 1.69 bits per heavy atom. The lowest BCUT2D eigenvalue weighted by Gasteiger charge is -2.20. The molecule has 0 fully saturated rings. The Morgan fingerprint density at radius 3 is 2.12 bits per heavy atom. The number of ether oxygens (including phenoxy) is 2. The monoisotopic (exact) mass is 231 g/mol. The third-order valence-electron chi connectivity index (χ3n) is 1.85. The zero-order valence-corrected chi connectivity index (χ0v) is 11.1. The Morgan fingerprint density at radius 1 is 1.12 bits per heavy atom. The Labute approximate surface area is 98.5 Å². The molecule has 0 bridgehead atoms. The van der Waals surface area contributed by atoms with Crippen LogP contribution in [0, 0.1) is 0 Å². The number of rotatable bonds is 6. The molecule has 0 aromatic heterocycles. The maximum Gasteiger partial charge on any atom is 0.305 e. The van der Waals surface area contributed by atoms with Gasteiger partial charge in [0.05, 0.1) is 12.2 Å². The minimum atomic E-state index is -0.319. The molecular formula is C12H25NO3. The van der Waals surface area contributed by atoms with Crippen LogP contribution in [-0.2, 0) is 14.3 Å². The van der Waals surface area contributed by atoms with Crippen LogP contribution in [0.2, 0.25) is 0 Å². The molecule has 0 aliphatic heterocycles. The van der Waals surface area contributed by atoms with E-state index in [-0.39, 0.29) is 17.1 Å². The number of nitrogens with two attached hydrogens (primary N) is 1. The van der Waals surface area contributed by atoms with E-state index in [1.54, 1.807) is 0 Å². The summed E-state index contributed by atoms with van der Waals surface area (Å²) in [4.78, 5) is 11.3. The van der Waals surface area contributed by atoms with Gasteiger partial charge in [-0.05, 0) is 41.0 Å². The van der Waals surface area contributed by atoms with E-state index in [0.717, 1.165) is 0 Å². The van der Waals surface area contributed by atoms with Gasteiger partial charge in [-0.2, -0.15) is 0 Å². The average molecular weight is 231 g/mol. The zero-order chi connectivity index (χ0) is 12.8. The second-order valence-corrected chi connectivity index (χ2v) is 5.67. The Bertz CT molecular complexity index is 213. The highest BCUT2D eigenvalue weighted by Gasteiger charge is 2.14. The van der Waals surface area contributed by atoms with Crippen LogP contribution in [0.1, 0.15) is 47.5 Å². The van der Waals surface area contributed by atoms with Crippen molar-refractivity contribution in [1.29, 1.82) is 0 Å². The van der Waals surface area contributed by atoms with Gasteiger partial charge in [-0.25, -0.2) is 0 Å². The molecule has 2 N–H and O–H groups in total. The van der Waals surface area contributed by atoms with Crippen molar-refractivity contribution in [2.75, 3.05) is 13.2 Å². The molecule has 0 saturated heterocycles. The number of esters is 1. The lowest BCUT2D eigenvalue weighted by molar-refractivity contribution is -0.147. The van der Waals surface area contributed by atoms with Crippen LogP contribution in [0.15, 0.2) is 0 Å². The van der Waals surface area contributed by atoms with Gasteiger partial charge in [0.25, 0.3) is 0 Å². The molecule has 0 rings (SSSR count). The van der Waals surface area contributed by atoms with Gasteiger partial charge in [0.2, 0.25) is 0 Å². The predicted molar refractivity (Wildman–Crippen MR) is 64.2 cm³/mol. The maximum atomic E-state index is 11.3. The summed E-state index contributed by atoms with van der Waals surface area (Å²) < 4.78 is 10.4. The number of carbonyl (C=O) groups is 1. The van der Waals surface area contributed by atoms with Crippen LogP contribution < -0.4 is 5.73 Å². The summed E-state index contributed by atoms with van der Waals surface area (Å²) in [7, 11) is 0. The molecule has 0 aliphatic carbocycles. The van der Waals surface area contributed by atoms with Gasteiger partial charge in [0, 0.05) is 12.0 Å². The second kappa shape index (κ2) is 6.21. The molecule has 0 unspecified atom stereocenters. The summed E-state index contributed by atoms with van der Waals surface area (Å²) in [6, 6.07) is 0. The van der Waals surface area contributed by atoms with Crippen LogP contribution in [0.5, 0.6) is 0 Å². The first-order valence-electron chi connectivity index (χ1n) is 5.69. The van der Waals surface area contributed by atoms with E-state index in [1.807, 2.05) is 34.6 Å². The highest BCUT2D eigenvalue weighted by molar-refractivity contribution is 5.69. The Kier molecular flexibility index (Phi) is 5.97. The average Bonchev–Trinajstić information content (AvgIpc) is 2.06. The minimum Gasteiger partial charge on any atom is -0.463 e. The van der Waals surface area contributed by atoms with Crippen molar-refractivity contribution < 1.29 is 14.3 Å². The summed E-state index contributed by atoms with van der Waals surface area (Å²) in [5.74, 6) is -0.212. The molecule has 0 heterocycles. The second-order valence-electron chi connectivity index (χ2n) is 5.67. The van der Waals surface area contributed by atoms with Gasteiger partial charge in [-0.1, -0.05) is 0 Å². The summed E-state index contributed by atoms with van der Waals surface area (Å²) in [5.41, 5.74) is 5.26. The van der Waals surface area contributed by atoms with Gasteiger partial charge in [-0.3, -0.25) is 4.79 Å². The fourth-order valence-corrected chi connectivity index (χ4v) is 1.000. The van der Waals surface area contributed by atoms with Crippen LogP contribution in [-0.4, -0.2) is 30.3 Å². The van der Waals surface area contributed by atoms with Crippen LogP contribution in [0.25, 0.3) is 0 Å². The van der Waals surface area contributed by atoms with Crippen molar-refractivity contribution in [3.8, 4) is 0 Å². The van der Waals surface area contributed by atoms with Gasteiger partial charge < -0.3 is 15.2 Å². The molecule has 4 heteroatoms. The molecule has 0 spiro atoms. The number of carbonyl (C=O) groups excluding carboxylic acids is 1. The smallest absolute Gasteiger partial charge is 0.305 e. The largest absolute Gasteiger partial charge is 0.463 e. The van der Waals surface area contributed by atoms with E-state index in [9.17, 15) is 4.79 Å². The summed E-state index contributed by atoms with van der Waals surface area (Å²) >= 11 is 0. The first kappa shape index (κ1) is 15.4.